The number of hydrogen-bond donors (Lipinski definition) is 1. The third-order valence-electron chi connectivity index (χ3n) is 1.84. The molecule has 3 nitrogen and oxygen atoms in total. The van der Waals surface area contributed by atoms with Crippen LogP contribution in [0, 0.1) is 11.6 Å². The highest BCUT2D eigenvalue weighted by Gasteiger charge is 2.43. The summed E-state index contributed by atoms with van der Waals surface area (Å²) >= 11 is 0. The molecule has 1 unspecified atom stereocenters. The maximum Gasteiger partial charge on any atom is 0.425 e. The molecule has 8 heteroatoms. The Balaban J connectivity index is 2.92. The lowest BCUT2D eigenvalue weighted by molar-refractivity contribution is -0.200. The van der Waals surface area contributed by atoms with E-state index in [1.807, 2.05) is 0 Å². The molecule has 0 aliphatic heterocycles. The average Bonchev–Trinajstić information content (AvgIpc) is 2.12. The molecule has 0 saturated carbocycles. The lowest BCUT2D eigenvalue weighted by atomic mass is 10.2. The number of hydrogen-bond acceptors (Lipinski definition) is 2. The Labute approximate surface area is 97.8 Å². The van der Waals surface area contributed by atoms with Gasteiger partial charge in [0.2, 0.25) is 6.10 Å². The van der Waals surface area contributed by atoms with Crippen LogP contribution in [0.1, 0.15) is 6.42 Å². The van der Waals surface area contributed by atoms with Gasteiger partial charge in [0.15, 0.2) is 0 Å². The van der Waals surface area contributed by atoms with Gasteiger partial charge in [0.05, 0.1) is 6.42 Å². The van der Waals surface area contributed by atoms with Crippen LogP contribution in [0.2, 0.25) is 0 Å². The second-order valence-corrected chi connectivity index (χ2v) is 3.35. The number of aliphatic carboxylic acids is 1. The fourth-order valence-corrected chi connectivity index (χ4v) is 1.14. The van der Waals surface area contributed by atoms with Crippen LogP contribution >= 0.6 is 0 Å². The summed E-state index contributed by atoms with van der Waals surface area (Å²) in [6, 6.07) is 1.51. The Morgan fingerprint density at radius 2 is 1.72 bits per heavy atom. The first-order chi connectivity index (χ1) is 8.18. The zero-order valence-corrected chi connectivity index (χ0v) is 8.67. The lowest BCUT2D eigenvalue weighted by Gasteiger charge is -2.20. The molecule has 100 valence electrons. The molecule has 1 aromatic rings. The van der Waals surface area contributed by atoms with Gasteiger partial charge in [0.1, 0.15) is 17.4 Å². The summed E-state index contributed by atoms with van der Waals surface area (Å²) in [6.45, 7) is 0. The van der Waals surface area contributed by atoms with Gasteiger partial charge in [-0.15, -0.1) is 0 Å². The molecule has 0 amide bonds. The second kappa shape index (κ2) is 5.19. The minimum atomic E-state index is -4.96. The molecule has 1 atom stereocenters. The van der Waals surface area contributed by atoms with E-state index in [2.05, 4.69) is 4.74 Å². The van der Waals surface area contributed by atoms with Crippen molar-refractivity contribution in [3.8, 4) is 5.75 Å². The summed E-state index contributed by atoms with van der Waals surface area (Å²) in [5.41, 5.74) is 0. The Morgan fingerprint density at radius 1 is 1.22 bits per heavy atom. The fraction of sp³-hybridized carbons (Fsp3) is 0.300. The van der Waals surface area contributed by atoms with E-state index in [1.54, 1.807) is 0 Å². The van der Waals surface area contributed by atoms with E-state index in [0.29, 0.717) is 18.2 Å². The van der Waals surface area contributed by atoms with Crippen molar-refractivity contribution in [3.63, 3.8) is 0 Å². The summed E-state index contributed by atoms with van der Waals surface area (Å²) in [7, 11) is 0. The van der Waals surface area contributed by atoms with Crippen LogP contribution in [0.5, 0.6) is 5.75 Å². The summed E-state index contributed by atoms with van der Waals surface area (Å²) in [5, 5.41) is 8.31. The van der Waals surface area contributed by atoms with Crippen LogP contribution in [-0.4, -0.2) is 23.4 Å². The number of halogens is 5. The standard InChI is InChI=1S/C10H7F5O3/c11-5-1-6(12)3-7(2-5)18-8(4-9(16)17)10(13,14)15/h1-3,8H,4H2,(H,16,17). The maximum absolute atomic E-state index is 12.7. The molecule has 18 heavy (non-hydrogen) atoms. The van der Waals surface area contributed by atoms with Crippen LogP contribution in [0.15, 0.2) is 18.2 Å². The van der Waals surface area contributed by atoms with Gasteiger partial charge in [-0.05, 0) is 0 Å². The first-order valence-electron chi connectivity index (χ1n) is 4.59. The third kappa shape index (κ3) is 4.19. The molecule has 1 aromatic carbocycles. The Bertz CT molecular complexity index is 423. The predicted octanol–water partition coefficient (Wildman–Crippen LogP) is 2.75. The Morgan fingerprint density at radius 3 is 2.11 bits per heavy atom. The summed E-state index contributed by atoms with van der Waals surface area (Å²) in [5.74, 6) is -4.72. The number of carboxylic acid groups (broad SMARTS) is 1. The summed E-state index contributed by atoms with van der Waals surface area (Å²) in [4.78, 5) is 10.3. The Hall–Kier alpha value is -1.86. The highest BCUT2D eigenvalue weighted by Crippen LogP contribution is 2.28. The van der Waals surface area contributed by atoms with Crippen molar-refractivity contribution < 1.29 is 36.6 Å². The quantitative estimate of drug-likeness (QED) is 0.856. The zero-order chi connectivity index (χ0) is 13.9. The molecule has 0 bridgehead atoms. The average molecular weight is 270 g/mol. The lowest BCUT2D eigenvalue weighted by Crippen LogP contribution is -2.36. The van der Waals surface area contributed by atoms with Gasteiger partial charge >= 0.3 is 12.1 Å². The number of carboxylic acids is 1. The largest absolute Gasteiger partial charge is 0.481 e. The molecule has 0 aromatic heterocycles. The third-order valence-corrected chi connectivity index (χ3v) is 1.84. The molecular weight excluding hydrogens is 263 g/mol. The highest BCUT2D eigenvalue weighted by molar-refractivity contribution is 5.67. The minimum absolute atomic E-state index is 0.451. The first kappa shape index (κ1) is 14.2. The van der Waals surface area contributed by atoms with Crippen LogP contribution < -0.4 is 4.74 Å². The number of ether oxygens (including phenoxy) is 1. The molecule has 0 radical (unpaired) electrons. The SMILES string of the molecule is O=C(O)CC(Oc1cc(F)cc(F)c1)C(F)(F)F. The van der Waals surface area contributed by atoms with Crippen molar-refractivity contribution >= 4 is 5.97 Å². The topological polar surface area (TPSA) is 46.5 Å². The Kier molecular flexibility index (Phi) is 4.10. The molecule has 0 spiro atoms. The van der Waals surface area contributed by atoms with Crippen molar-refractivity contribution in [1.82, 2.24) is 0 Å². The molecular formula is C10H7F5O3. The number of benzene rings is 1. The molecule has 0 aliphatic carbocycles. The summed E-state index contributed by atoms with van der Waals surface area (Å²) < 4.78 is 66.9. The normalized spacial score (nSPS) is 13.2. The highest BCUT2D eigenvalue weighted by atomic mass is 19.4. The van der Waals surface area contributed by atoms with Crippen molar-refractivity contribution in [2.45, 2.75) is 18.7 Å². The second-order valence-electron chi connectivity index (χ2n) is 3.35. The van der Waals surface area contributed by atoms with E-state index in [9.17, 15) is 26.7 Å². The van der Waals surface area contributed by atoms with Crippen LogP contribution in [0.4, 0.5) is 22.0 Å². The zero-order valence-electron chi connectivity index (χ0n) is 8.67. The minimum Gasteiger partial charge on any atom is -0.481 e. The van der Waals surface area contributed by atoms with Gasteiger partial charge in [0, 0.05) is 18.2 Å². The first-order valence-corrected chi connectivity index (χ1v) is 4.59. The van der Waals surface area contributed by atoms with Crippen molar-refractivity contribution in [3.05, 3.63) is 29.8 Å². The van der Waals surface area contributed by atoms with Crippen LogP contribution in [0.3, 0.4) is 0 Å². The monoisotopic (exact) mass is 270 g/mol. The van der Waals surface area contributed by atoms with Crippen molar-refractivity contribution in [2.24, 2.45) is 0 Å². The fourth-order valence-electron chi connectivity index (χ4n) is 1.14. The number of carbonyl (C=O) groups is 1. The maximum atomic E-state index is 12.7. The smallest absolute Gasteiger partial charge is 0.425 e. The molecule has 0 aliphatic rings. The molecule has 0 fully saturated rings. The van der Waals surface area contributed by atoms with Gasteiger partial charge in [-0.3, -0.25) is 4.79 Å². The predicted molar refractivity (Wildman–Crippen MR) is 49.1 cm³/mol. The van der Waals surface area contributed by atoms with E-state index in [0.717, 1.165) is 0 Å². The van der Waals surface area contributed by atoms with Crippen molar-refractivity contribution in [1.29, 1.82) is 0 Å². The molecule has 1 rings (SSSR count). The summed E-state index contributed by atoms with van der Waals surface area (Å²) in [6.07, 6.45) is -8.99. The van der Waals surface area contributed by atoms with E-state index >= 15 is 0 Å². The van der Waals surface area contributed by atoms with E-state index in [4.69, 9.17) is 5.11 Å². The number of rotatable bonds is 4. The van der Waals surface area contributed by atoms with Crippen molar-refractivity contribution in [2.75, 3.05) is 0 Å². The van der Waals surface area contributed by atoms with Gasteiger partial charge in [-0.25, -0.2) is 8.78 Å². The van der Waals surface area contributed by atoms with E-state index in [-0.39, 0.29) is 0 Å². The van der Waals surface area contributed by atoms with E-state index in [1.165, 1.54) is 0 Å². The molecule has 0 saturated heterocycles. The van der Waals surface area contributed by atoms with Gasteiger partial charge in [0.25, 0.3) is 0 Å². The van der Waals surface area contributed by atoms with Gasteiger partial charge < -0.3 is 9.84 Å². The van der Waals surface area contributed by atoms with E-state index < -0.39 is 42.1 Å². The van der Waals surface area contributed by atoms with Gasteiger partial charge in [-0.2, -0.15) is 13.2 Å². The molecule has 1 N–H and O–H groups in total. The molecule has 0 heterocycles. The van der Waals surface area contributed by atoms with Crippen LogP contribution in [0.25, 0.3) is 0 Å². The van der Waals surface area contributed by atoms with Crippen LogP contribution in [-0.2, 0) is 4.79 Å². The number of alkyl halides is 3. The van der Waals surface area contributed by atoms with Gasteiger partial charge in [-0.1, -0.05) is 0 Å².